The molecule has 1 aliphatic heterocycles. The molecule has 1 fully saturated rings. The van der Waals surface area contributed by atoms with E-state index in [4.69, 9.17) is 4.74 Å². The number of nitrogens with zero attached hydrogens (tertiary/aromatic N) is 1. The Kier molecular flexibility index (Phi) is 5.39. The molecule has 1 aliphatic rings. The van der Waals surface area contributed by atoms with Crippen molar-refractivity contribution < 1.29 is 9.84 Å². The largest absolute Gasteiger partial charge is 0.388 e. The number of rotatable bonds is 4. The summed E-state index contributed by atoms with van der Waals surface area (Å²) >= 11 is 3.44. The lowest BCUT2D eigenvalue weighted by molar-refractivity contribution is -0.0702. The summed E-state index contributed by atoms with van der Waals surface area (Å²) < 4.78 is 6.72. The summed E-state index contributed by atoms with van der Waals surface area (Å²) in [6.07, 6.45) is 0.931. The average molecular weight is 328 g/mol. The van der Waals surface area contributed by atoms with Crippen LogP contribution in [0.1, 0.15) is 31.9 Å². The summed E-state index contributed by atoms with van der Waals surface area (Å²) in [5.74, 6) is 0. The predicted molar refractivity (Wildman–Crippen MR) is 80.2 cm³/mol. The number of aliphatic hydroxyl groups is 1. The van der Waals surface area contributed by atoms with E-state index < -0.39 is 6.10 Å². The van der Waals surface area contributed by atoms with E-state index in [-0.39, 0.29) is 12.2 Å². The van der Waals surface area contributed by atoms with Gasteiger partial charge in [0.2, 0.25) is 0 Å². The molecule has 0 radical (unpaired) electrons. The minimum absolute atomic E-state index is 0.284. The smallest absolute Gasteiger partial charge is 0.0802 e. The molecule has 1 aromatic rings. The van der Waals surface area contributed by atoms with E-state index in [0.29, 0.717) is 0 Å². The Bertz CT molecular complexity index is 403. The van der Waals surface area contributed by atoms with Gasteiger partial charge in [0.25, 0.3) is 0 Å². The van der Waals surface area contributed by atoms with Gasteiger partial charge in [-0.2, -0.15) is 0 Å². The van der Waals surface area contributed by atoms with Gasteiger partial charge >= 0.3 is 0 Å². The zero-order valence-corrected chi connectivity index (χ0v) is 13.1. The third kappa shape index (κ3) is 4.56. The van der Waals surface area contributed by atoms with Gasteiger partial charge in [-0.25, -0.2) is 0 Å². The van der Waals surface area contributed by atoms with Crippen LogP contribution in [0.15, 0.2) is 28.7 Å². The van der Waals surface area contributed by atoms with Crippen LogP contribution in [-0.2, 0) is 4.74 Å². The van der Waals surface area contributed by atoms with Crippen LogP contribution < -0.4 is 0 Å². The normalized spacial score (nSPS) is 26.3. The van der Waals surface area contributed by atoms with Gasteiger partial charge in [-0.1, -0.05) is 28.1 Å². The lowest BCUT2D eigenvalue weighted by Gasteiger charge is -2.35. The van der Waals surface area contributed by atoms with Crippen molar-refractivity contribution in [2.45, 2.75) is 38.6 Å². The molecule has 0 aromatic heterocycles. The maximum Gasteiger partial charge on any atom is 0.0802 e. The van der Waals surface area contributed by atoms with Crippen molar-refractivity contribution in [1.82, 2.24) is 4.90 Å². The molecule has 4 heteroatoms. The highest BCUT2D eigenvalue weighted by atomic mass is 79.9. The minimum Gasteiger partial charge on any atom is -0.388 e. The molecule has 3 unspecified atom stereocenters. The highest BCUT2D eigenvalue weighted by molar-refractivity contribution is 9.10. The van der Waals surface area contributed by atoms with Gasteiger partial charge in [-0.3, -0.25) is 4.90 Å². The minimum atomic E-state index is -0.397. The maximum atomic E-state index is 10.2. The van der Waals surface area contributed by atoms with Crippen LogP contribution in [0.25, 0.3) is 0 Å². The molecule has 0 spiro atoms. The van der Waals surface area contributed by atoms with E-state index in [1.54, 1.807) is 0 Å². The molecule has 106 valence electrons. The monoisotopic (exact) mass is 327 g/mol. The van der Waals surface area contributed by atoms with E-state index >= 15 is 0 Å². The molecule has 1 saturated heterocycles. The van der Waals surface area contributed by atoms with E-state index in [1.807, 2.05) is 24.3 Å². The Labute approximate surface area is 123 Å². The number of aliphatic hydroxyl groups excluding tert-OH is 1. The van der Waals surface area contributed by atoms with Crippen LogP contribution in [0.2, 0.25) is 0 Å². The fourth-order valence-electron chi connectivity index (χ4n) is 2.65. The second-order valence-electron chi connectivity index (χ2n) is 5.38. The van der Waals surface area contributed by atoms with Crippen LogP contribution in [-0.4, -0.2) is 41.8 Å². The first-order valence-electron chi connectivity index (χ1n) is 6.86. The van der Waals surface area contributed by atoms with Gasteiger partial charge in [-0.15, -0.1) is 0 Å². The van der Waals surface area contributed by atoms with Crippen LogP contribution in [0.4, 0.5) is 0 Å². The summed E-state index contributed by atoms with van der Waals surface area (Å²) in [4.78, 5) is 2.38. The standard InChI is InChI=1S/C15H22BrNO2/c1-11-9-17(10-12(2)19-11)7-6-15(18)13-4-3-5-14(16)8-13/h3-5,8,11-12,15,18H,6-7,9-10H2,1-2H3. The third-order valence-electron chi connectivity index (χ3n) is 3.45. The highest BCUT2D eigenvalue weighted by Gasteiger charge is 2.22. The third-order valence-corrected chi connectivity index (χ3v) is 3.94. The Balaban J connectivity index is 1.84. The van der Waals surface area contributed by atoms with Crippen molar-refractivity contribution in [2.24, 2.45) is 0 Å². The van der Waals surface area contributed by atoms with Gasteiger partial charge in [0.1, 0.15) is 0 Å². The molecule has 3 nitrogen and oxygen atoms in total. The molecule has 1 aromatic carbocycles. The SMILES string of the molecule is CC1CN(CCC(O)c2cccc(Br)c2)CC(C)O1. The predicted octanol–water partition coefficient (Wildman–Crippen LogP) is 2.98. The Hall–Kier alpha value is -0.420. The number of halogens is 1. The topological polar surface area (TPSA) is 32.7 Å². The van der Waals surface area contributed by atoms with Crippen molar-refractivity contribution in [2.75, 3.05) is 19.6 Å². The van der Waals surface area contributed by atoms with Gasteiger partial charge in [0, 0.05) is 24.1 Å². The molecule has 0 bridgehead atoms. The lowest BCUT2D eigenvalue weighted by atomic mass is 10.1. The fraction of sp³-hybridized carbons (Fsp3) is 0.600. The van der Waals surface area contributed by atoms with E-state index in [9.17, 15) is 5.11 Å². The lowest BCUT2D eigenvalue weighted by Crippen LogP contribution is -2.45. The van der Waals surface area contributed by atoms with Crippen LogP contribution >= 0.6 is 15.9 Å². The van der Waals surface area contributed by atoms with Gasteiger partial charge in [0.05, 0.1) is 18.3 Å². The van der Waals surface area contributed by atoms with Crippen molar-refractivity contribution in [3.05, 3.63) is 34.3 Å². The number of hydrogen-bond acceptors (Lipinski definition) is 3. The molecule has 1 N–H and O–H groups in total. The zero-order chi connectivity index (χ0) is 13.8. The van der Waals surface area contributed by atoms with E-state index in [2.05, 4.69) is 34.7 Å². The van der Waals surface area contributed by atoms with E-state index in [1.165, 1.54) is 0 Å². The van der Waals surface area contributed by atoms with Crippen molar-refractivity contribution in [3.63, 3.8) is 0 Å². The average Bonchev–Trinajstić information content (AvgIpc) is 2.35. The molecule has 2 rings (SSSR count). The number of ether oxygens (including phenoxy) is 1. The molecule has 3 atom stereocenters. The van der Waals surface area contributed by atoms with Crippen molar-refractivity contribution in [3.8, 4) is 0 Å². The summed E-state index contributed by atoms with van der Waals surface area (Å²) in [6.45, 7) is 7.03. The summed E-state index contributed by atoms with van der Waals surface area (Å²) in [5, 5.41) is 10.2. The molecular formula is C15H22BrNO2. The second kappa shape index (κ2) is 6.84. The number of morpholine rings is 1. The van der Waals surface area contributed by atoms with Crippen molar-refractivity contribution >= 4 is 15.9 Å². The van der Waals surface area contributed by atoms with Gasteiger partial charge < -0.3 is 9.84 Å². The Morgan fingerprint density at radius 2 is 2.05 bits per heavy atom. The van der Waals surface area contributed by atoms with Crippen LogP contribution in [0.3, 0.4) is 0 Å². The summed E-state index contributed by atoms with van der Waals surface area (Å²) in [7, 11) is 0. The second-order valence-corrected chi connectivity index (χ2v) is 6.29. The Morgan fingerprint density at radius 3 is 2.68 bits per heavy atom. The number of hydrogen-bond donors (Lipinski definition) is 1. The molecule has 19 heavy (non-hydrogen) atoms. The first-order chi connectivity index (χ1) is 9.04. The summed E-state index contributed by atoms with van der Waals surface area (Å²) in [6, 6.07) is 7.89. The first kappa shape index (κ1) is 15.0. The molecule has 0 amide bonds. The van der Waals surface area contributed by atoms with Gasteiger partial charge in [0.15, 0.2) is 0 Å². The zero-order valence-electron chi connectivity index (χ0n) is 11.6. The highest BCUT2D eigenvalue weighted by Crippen LogP contribution is 2.21. The van der Waals surface area contributed by atoms with Crippen molar-refractivity contribution in [1.29, 1.82) is 0 Å². The maximum absolute atomic E-state index is 10.2. The first-order valence-corrected chi connectivity index (χ1v) is 7.65. The molecular weight excluding hydrogens is 306 g/mol. The quantitative estimate of drug-likeness (QED) is 0.922. The molecule has 0 saturated carbocycles. The van der Waals surface area contributed by atoms with Crippen LogP contribution in [0, 0.1) is 0 Å². The molecule has 0 aliphatic carbocycles. The fourth-order valence-corrected chi connectivity index (χ4v) is 3.07. The van der Waals surface area contributed by atoms with Crippen LogP contribution in [0.5, 0.6) is 0 Å². The number of benzene rings is 1. The van der Waals surface area contributed by atoms with E-state index in [0.717, 1.165) is 36.1 Å². The molecule has 1 heterocycles. The summed E-state index contributed by atoms with van der Waals surface area (Å²) in [5.41, 5.74) is 0.976. The Morgan fingerprint density at radius 1 is 1.37 bits per heavy atom. The van der Waals surface area contributed by atoms with Gasteiger partial charge in [-0.05, 0) is 38.0 Å².